The van der Waals surface area contributed by atoms with Crippen LogP contribution >= 0.6 is 15.9 Å². The van der Waals surface area contributed by atoms with Gasteiger partial charge in [0.2, 0.25) is 0 Å². The van der Waals surface area contributed by atoms with E-state index in [-0.39, 0.29) is 0 Å². The van der Waals surface area contributed by atoms with E-state index in [2.05, 4.69) is 20.9 Å². The third kappa shape index (κ3) is 10.5. The molecule has 0 atom stereocenters. The van der Waals surface area contributed by atoms with E-state index in [0.29, 0.717) is 0 Å². The molecule has 0 spiro atoms. The van der Waals surface area contributed by atoms with Crippen molar-refractivity contribution in [1.82, 2.24) is 14.3 Å². The number of halogens is 4. The molecule has 2 aromatic rings. The summed E-state index contributed by atoms with van der Waals surface area (Å²) in [5.41, 5.74) is 1.45. The molecule has 5 nitrogen and oxygen atoms in total. The van der Waals surface area contributed by atoms with Gasteiger partial charge in [-0.3, -0.25) is 0 Å². The fourth-order valence-electron chi connectivity index (χ4n) is 1.80. The van der Waals surface area contributed by atoms with E-state index >= 15 is 0 Å². The average molecular weight is 468 g/mol. The molecule has 0 saturated heterocycles. The zero-order valence-corrected chi connectivity index (χ0v) is 19.0. The van der Waals surface area contributed by atoms with E-state index in [0.717, 1.165) is 20.7 Å². The fourth-order valence-corrected chi connectivity index (χ4v) is 2.14. The lowest BCUT2D eigenvalue weighted by Crippen LogP contribution is -2.36. The van der Waals surface area contributed by atoms with E-state index in [1.54, 1.807) is 20.8 Å². The molecule has 0 aliphatic heterocycles. The Bertz CT molecular complexity index is 740. The molecule has 0 aromatic carbocycles. The van der Waals surface area contributed by atoms with Crippen LogP contribution < -0.4 is 0 Å². The Morgan fingerprint density at radius 1 is 1.25 bits per heavy atom. The molecule has 1 amide bonds. The highest BCUT2D eigenvalue weighted by molar-refractivity contribution is 9.10. The van der Waals surface area contributed by atoms with Gasteiger partial charge in [0.1, 0.15) is 11.2 Å². The van der Waals surface area contributed by atoms with Crippen molar-refractivity contribution < 1.29 is 22.7 Å². The Hall–Kier alpha value is -1.77. The molecule has 0 bridgehead atoms. The van der Waals surface area contributed by atoms with Crippen molar-refractivity contribution in [3.05, 3.63) is 34.7 Å². The minimum absolute atomic E-state index is 0.390. The second kappa shape index (κ2) is 11.3. The van der Waals surface area contributed by atoms with Crippen LogP contribution in [0.15, 0.2) is 29.0 Å². The Morgan fingerprint density at radius 2 is 1.82 bits per heavy atom. The largest absolute Gasteiger partial charge is 0.444 e. The van der Waals surface area contributed by atoms with E-state index < -0.39 is 30.8 Å². The summed E-state index contributed by atoms with van der Waals surface area (Å²) in [6.07, 6.45) is -2.15. The number of alkyl halides is 3. The SMILES string of the molecule is CC.CN(CCC(F)(F)F)C(=O)OC(C)(C)C.Cc1cnc2ccc(Br)cn12. The van der Waals surface area contributed by atoms with Gasteiger partial charge in [-0.25, -0.2) is 9.78 Å². The third-order valence-electron chi connectivity index (χ3n) is 3.09. The molecular weight excluding hydrogens is 439 g/mol. The average Bonchev–Trinajstić information content (AvgIpc) is 2.93. The third-order valence-corrected chi connectivity index (χ3v) is 3.56. The second-order valence-electron chi connectivity index (χ2n) is 6.74. The van der Waals surface area contributed by atoms with Crippen LogP contribution in [0.5, 0.6) is 0 Å². The first-order chi connectivity index (χ1) is 12.8. The van der Waals surface area contributed by atoms with Crippen molar-refractivity contribution in [2.75, 3.05) is 13.6 Å². The highest BCUT2D eigenvalue weighted by Crippen LogP contribution is 2.20. The van der Waals surface area contributed by atoms with Gasteiger partial charge in [0.05, 0.1) is 6.42 Å². The summed E-state index contributed by atoms with van der Waals surface area (Å²) in [4.78, 5) is 16.3. The summed E-state index contributed by atoms with van der Waals surface area (Å²) in [6.45, 7) is 10.6. The Kier molecular flexibility index (Phi) is 10.6. The van der Waals surface area contributed by atoms with Gasteiger partial charge in [-0.05, 0) is 55.8 Å². The predicted molar refractivity (Wildman–Crippen MR) is 109 cm³/mol. The summed E-state index contributed by atoms with van der Waals surface area (Å²) in [5.74, 6) is 0. The van der Waals surface area contributed by atoms with Crippen LogP contribution in [-0.2, 0) is 4.74 Å². The van der Waals surface area contributed by atoms with Crippen LogP contribution in [0.1, 0.15) is 46.7 Å². The Balaban J connectivity index is 0.000000492. The lowest BCUT2D eigenvalue weighted by Gasteiger charge is -2.24. The molecule has 0 aliphatic carbocycles. The number of fused-ring (bicyclic) bond motifs is 1. The number of aryl methyl sites for hydroxylation is 1. The highest BCUT2D eigenvalue weighted by Gasteiger charge is 2.29. The second-order valence-corrected chi connectivity index (χ2v) is 7.66. The number of nitrogens with zero attached hydrogens (tertiary/aromatic N) is 3. The van der Waals surface area contributed by atoms with Gasteiger partial charge in [0.25, 0.3) is 0 Å². The van der Waals surface area contributed by atoms with Crippen LogP contribution in [0.4, 0.5) is 18.0 Å². The number of hydrogen-bond donors (Lipinski definition) is 0. The van der Waals surface area contributed by atoms with Crippen LogP contribution in [0, 0.1) is 6.92 Å². The molecule has 160 valence electrons. The van der Waals surface area contributed by atoms with Gasteiger partial charge < -0.3 is 14.0 Å². The monoisotopic (exact) mass is 467 g/mol. The normalized spacial score (nSPS) is 11.1. The number of hydrogen-bond acceptors (Lipinski definition) is 3. The molecule has 0 N–H and O–H groups in total. The Labute approximate surface area is 173 Å². The number of rotatable bonds is 2. The Morgan fingerprint density at radius 3 is 2.32 bits per heavy atom. The van der Waals surface area contributed by atoms with Crippen molar-refractivity contribution in [1.29, 1.82) is 0 Å². The molecule has 0 radical (unpaired) electrons. The summed E-state index contributed by atoms with van der Waals surface area (Å²) < 4.78 is 43.5. The maximum Gasteiger partial charge on any atom is 0.410 e. The molecule has 9 heteroatoms. The number of ether oxygens (including phenoxy) is 1. The maximum absolute atomic E-state index is 11.8. The smallest absolute Gasteiger partial charge is 0.410 e. The summed E-state index contributed by atoms with van der Waals surface area (Å²) in [7, 11) is 1.28. The van der Waals surface area contributed by atoms with E-state index in [1.807, 2.05) is 49.7 Å². The summed E-state index contributed by atoms with van der Waals surface area (Å²) >= 11 is 3.40. The number of carbonyl (C=O) groups is 1. The first-order valence-corrected chi connectivity index (χ1v) is 9.68. The molecule has 0 saturated carbocycles. The molecule has 2 heterocycles. The first-order valence-electron chi connectivity index (χ1n) is 8.88. The van der Waals surface area contributed by atoms with E-state index in [1.165, 1.54) is 7.05 Å². The topological polar surface area (TPSA) is 46.8 Å². The number of aromatic nitrogens is 2. The zero-order valence-electron chi connectivity index (χ0n) is 17.4. The summed E-state index contributed by atoms with van der Waals surface area (Å²) in [5, 5.41) is 0. The van der Waals surface area contributed by atoms with Crippen molar-refractivity contribution in [2.45, 2.75) is 59.7 Å². The maximum atomic E-state index is 11.8. The molecule has 2 aromatic heterocycles. The van der Waals surface area contributed by atoms with Gasteiger partial charge >= 0.3 is 12.3 Å². The zero-order chi connectivity index (χ0) is 22.1. The van der Waals surface area contributed by atoms with Crippen molar-refractivity contribution >= 4 is 27.7 Å². The number of amides is 1. The van der Waals surface area contributed by atoms with Gasteiger partial charge in [-0.2, -0.15) is 13.2 Å². The standard InChI is InChI=1S/C9H16F3NO2.C8H7BrN2.C2H6/c1-8(2,3)15-7(14)13(4)6-5-9(10,11)12;1-6-4-10-8-3-2-7(9)5-11(6)8;1-2/h5-6H2,1-4H3;2-5H,1H3;1-2H3. The highest BCUT2D eigenvalue weighted by atomic mass is 79.9. The van der Waals surface area contributed by atoms with Gasteiger partial charge in [0, 0.05) is 36.2 Å². The minimum atomic E-state index is -4.25. The van der Waals surface area contributed by atoms with Crippen molar-refractivity contribution in [2.24, 2.45) is 0 Å². The number of carbonyl (C=O) groups excluding carboxylic acids is 1. The van der Waals surface area contributed by atoms with Crippen LogP contribution in [0.3, 0.4) is 0 Å². The van der Waals surface area contributed by atoms with Gasteiger partial charge in [0.15, 0.2) is 0 Å². The van der Waals surface area contributed by atoms with Crippen LogP contribution in [0.2, 0.25) is 0 Å². The van der Waals surface area contributed by atoms with E-state index in [9.17, 15) is 18.0 Å². The fraction of sp³-hybridized carbons (Fsp3) is 0.579. The molecule has 0 aliphatic rings. The molecule has 2 rings (SSSR count). The summed E-state index contributed by atoms with van der Waals surface area (Å²) in [6, 6.07) is 3.97. The number of imidazole rings is 1. The molecule has 0 unspecified atom stereocenters. The minimum Gasteiger partial charge on any atom is -0.444 e. The lowest BCUT2D eigenvalue weighted by atomic mass is 10.2. The first kappa shape index (κ1) is 26.2. The molecule has 0 fully saturated rings. The molecular formula is C19H29BrF3N3O2. The van der Waals surface area contributed by atoms with Gasteiger partial charge in [-0.15, -0.1) is 0 Å². The van der Waals surface area contributed by atoms with Crippen molar-refractivity contribution in [3.8, 4) is 0 Å². The van der Waals surface area contributed by atoms with Gasteiger partial charge in [-0.1, -0.05) is 13.8 Å². The molecule has 28 heavy (non-hydrogen) atoms. The number of pyridine rings is 1. The predicted octanol–water partition coefficient (Wildman–Crippen LogP) is 6.24. The van der Waals surface area contributed by atoms with Crippen LogP contribution in [0.25, 0.3) is 5.65 Å². The lowest BCUT2D eigenvalue weighted by molar-refractivity contribution is -0.136. The van der Waals surface area contributed by atoms with Crippen LogP contribution in [-0.4, -0.2) is 45.7 Å². The quantitative estimate of drug-likeness (QED) is 0.525. The van der Waals surface area contributed by atoms with Crippen molar-refractivity contribution in [3.63, 3.8) is 0 Å². The van der Waals surface area contributed by atoms with E-state index in [4.69, 9.17) is 4.74 Å².